The molecule has 8 heteroatoms. The second-order valence-electron chi connectivity index (χ2n) is 7.62. The summed E-state index contributed by atoms with van der Waals surface area (Å²) in [5.41, 5.74) is 0.999. The number of ether oxygens (including phenoxy) is 1. The molecule has 2 aromatic carbocycles. The summed E-state index contributed by atoms with van der Waals surface area (Å²) in [5.74, 6) is -0.616. The molecule has 8 nitrogen and oxygen atoms in total. The predicted octanol–water partition coefficient (Wildman–Crippen LogP) is 3.18. The average molecular weight is 413 g/mol. The van der Waals surface area contributed by atoms with Gasteiger partial charge in [0.25, 0.3) is 5.91 Å². The number of phenolic OH excluding ortho intramolecular Hbond substituents is 1. The van der Waals surface area contributed by atoms with Crippen molar-refractivity contribution in [3.05, 3.63) is 59.7 Å². The third-order valence-corrected chi connectivity index (χ3v) is 3.87. The van der Waals surface area contributed by atoms with Crippen LogP contribution in [0.1, 0.15) is 43.1 Å². The molecule has 0 spiro atoms. The normalized spacial score (nSPS) is 10.8. The fourth-order valence-electron chi connectivity index (χ4n) is 2.51. The largest absolute Gasteiger partial charge is 0.508 e. The van der Waals surface area contributed by atoms with Crippen LogP contribution in [0.4, 0.5) is 10.5 Å². The van der Waals surface area contributed by atoms with E-state index >= 15 is 0 Å². The molecule has 0 heterocycles. The van der Waals surface area contributed by atoms with Crippen molar-refractivity contribution >= 4 is 23.6 Å². The zero-order valence-electron chi connectivity index (χ0n) is 17.3. The minimum Gasteiger partial charge on any atom is -0.508 e. The Morgan fingerprint density at radius 3 is 2.43 bits per heavy atom. The molecule has 0 aliphatic carbocycles. The second-order valence-corrected chi connectivity index (χ2v) is 7.62. The van der Waals surface area contributed by atoms with Gasteiger partial charge in [-0.05, 0) is 50.6 Å². The van der Waals surface area contributed by atoms with E-state index in [-0.39, 0.29) is 37.1 Å². The number of hydrogen-bond donors (Lipinski definition) is 4. The molecule has 0 radical (unpaired) electrons. The minimum absolute atomic E-state index is 0.00295. The number of rotatable bonds is 7. The first-order valence-electron chi connectivity index (χ1n) is 9.56. The van der Waals surface area contributed by atoms with Gasteiger partial charge in [0.05, 0.1) is 0 Å². The smallest absolute Gasteiger partial charge is 0.407 e. The van der Waals surface area contributed by atoms with E-state index in [2.05, 4.69) is 16.0 Å². The fraction of sp³-hybridized carbons (Fsp3) is 0.318. The lowest BCUT2D eigenvalue weighted by Crippen LogP contribution is -2.35. The quantitative estimate of drug-likeness (QED) is 0.556. The third kappa shape index (κ3) is 7.83. The Balaban J connectivity index is 1.85. The Bertz CT molecular complexity index is 906. The summed E-state index contributed by atoms with van der Waals surface area (Å²) in [5, 5.41) is 17.6. The lowest BCUT2D eigenvalue weighted by molar-refractivity contribution is -0.121. The van der Waals surface area contributed by atoms with Crippen molar-refractivity contribution in [1.29, 1.82) is 0 Å². The van der Waals surface area contributed by atoms with Crippen molar-refractivity contribution in [3.8, 4) is 5.75 Å². The molecule has 0 fully saturated rings. The van der Waals surface area contributed by atoms with Crippen molar-refractivity contribution in [2.75, 3.05) is 11.9 Å². The number of aromatic hydroxyl groups is 1. The highest BCUT2D eigenvalue weighted by Crippen LogP contribution is 2.18. The van der Waals surface area contributed by atoms with Crippen LogP contribution in [0.25, 0.3) is 0 Å². The fourth-order valence-corrected chi connectivity index (χ4v) is 2.51. The number of carbonyl (C=O) groups is 3. The lowest BCUT2D eigenvalue weighted by Gasteiger charge is -2.19. The van der Waals surface area contributed by atoms with Crippen LogP contribution in [0.2, 0.25) is 0 Å². The van der Waals surface area contributed by atoms with Crippen LogP contribution in [0.15, 0.2) is 48.5 Å². The molecular weight excluding hydrogens is 386 g/mol. The van der Waals surface area contributed by atoms with Gasteiger partial charge in [0, 0.05) is 30.8 Å². The molecule has 0 aromatic heterocycles. The van der Waals surface area contributed by atoms with E-state index in [1.807, 2.05) is 0 Å². The van der Waals surface area contributed by atoms with E-state index in [1.54, 1.807) is 57.2 Å². The van der Waals surface area contributed by atoms with Crippen LogP contribution in [-0.4, -0.2) is 35.2 Å². The highest BCUT2D eigenvalue weighted by molar-refractivity contribution is 6.04. The summed E-state index contributed by atoms with van der Waals surface area (Å²) in [4.78, 5) is 36.0. The Labute approximate surface area is 175 Å². The van der Waals surface area contributed by atoms with E-state index in [0.717, 1.165) is 5.56 Å². The maximum atomic E-state index is 12.4. The van der Waals surface area contributed by atoms with Gasteiger partial charge in [-0.15, -0.1) is 0 Å². The molecule has 160 valence electrons. The first-order chi connectivity index (χ1) is 14.1. The second kappa shape index (κ2) is 10.3. The number of nitrogens with one attached hydrogen (secondary N) is 3. The van der Waals surface area contributed by atoms with Gasteiger partial charge < -0.3 is 25.8 Å². The van der Waals surface area contributed by atoms with E-state index in [0.29, 0.717) is 11.3 Å². The van der Waals surface area contributed by atoms with Crippen LogP contribution < -0.4 is 16.0 Å². The summed E-state index contributed by atoms with van der Waals surface area (Å²) in [7, 11) is 0. The molecule has 2 aromatic rings. The number of benzene rings is 2. The molecule has 30 heavy (non-hydrogen) atoms. The molecule has 0 aliphatic heterocycles. The van der Waals surface area contributed by atoms with E-state index in [4.69, 9.17) is 4.74 Å². The van der Waals surface area contributed by atoms with E-state index in [9.17, 15) is 19.5 Å². The Kier molecular flexibility index (Phi) is 7.80. The van der Waals surface area contributed by atoms with Crippen molar-refractivity contribution in [2.24, 2.45) is 0 Å². The number of amides is 3. The molecule has 0 bridgehead atoms. The Hall–Kier alpha value is -3.55. The van der Waals surface area contributed by atoms with Crippen LogP contribution >= 0.6 is 0 Å². The number of para-hydroxylation sites is 1. The highest BCUT2D eigenvalue weighted by atomic mass is 16.6. The van der Waals surface area contributed by atoms with Crippen molar-refractivity contribution in [3.63, 3.8) is 0 Å². The van der Waals surface area contributed by atoms with Gasteiger partial charge in [-0.1, -0.05) is 24.3 Å². The monoisotopic (exact) mass is 413 g/mol. The summed E-state index contributed by atoms with van der Waals surface area (Å²) in [6, 6.07) is 13.1. The number of anilines is 1. The summed E-state index contributed by atoms with van der Waals surface area (Å²) >= 11 is 0. The Morgan fingerprint density at radius 1 is 1.00 bits per heavy atom. The SMILES string of the molecule is CC(C)(C)OC(=O)NCCC(=O)NCc1ccccc1NC(=O)c1cccc(O)c1. The number of carbonyl (C=O) groups excluding carboxylic acids is 3. The van der Waals surface area contributed by atoms with Gasteiger partial charge in [0.1, 0.15) is 11.4 Å². The molecule has 0 atom stereocenters. The molecule has 2 rings (SSSR count). The molecule has 3 amide bonds. The molecule has 0 aliphatic rings. The summed E-state index contributed by atoms with van der Waals surface area (Å²) in [6.45, 7) is 5.64. The number of hydrogen-bond acceptors (Lipinski definition) is 5. The maximum absolute atomic E-state index is 12.4. The third-order valence-electron chi connectivity index (χ3n) is 3.87. The topological polar surface area (TPSA) is 117 Å². The maximum Gasteiger partial charge on any atom is 0.407 e. The standard InChI is InChI=1S/C22H27N3O5/c1-22(2,3)30-21(29)23-12-11-19(27)24-14-16-7-4-5-10-18(16)25-20(28)15-8-6-9-17(26)13-15/h4-10,13,26H,11-12,14H2,1-3H3,(H,23,29)(H,24,27)(H,25,28). The summed E-state index contributed by atoms with van der Waals surface area (Å²) < 4.78 is 5.11. The van der Waals surface area contributed by atoms with Crippen molar-refractivity contribution in [2.45, 2.75) is 39.3 Å². The van der Waals surface area contributed by atoms with Gasteiger partial charge >= 0.3 is 6.09 Å². The predicted molar refractivity (Wildman–Crippen MR) is 113 cm³/mol. The van der Waals surface area contributed by atoms with Crippen LogP contribution in [0, 0.1) is 0 Å². The van der Waals surface area contributed by atoms with Gasteiger partial charge in [-0.25, -0.2) is 4.79 Å². The van der Waals surface area contributed by atoms with Crippen LogP contribution in [0.5, 0.6) is 5.75 Å². The molecule has 0 saturated heterocycles. The Morgan fingerprint density at radius 2 is 1.73 bits per heavy atom. The lowest BCUT2D eigenvalue weighted by atomic mass is 10.1. The van der Waals surface area contributed by atoms with E-state index < -0.39 is 11.7 Å². The first kappa shape index (κ1) is 22.7. The molecular formula is C22H27N3O5. The minimum atomic E-state index is -0.598. The van der Waals surface area contributed by atoms with Crippen molar-refractivity contribution in [1.82, 2.24) is 10.6 Å². The number of alkyl carbamates (subject to hydrolysis) is 1. The molecule has 4 N–H and O–H groups in total. The van der Waals surface area contributed by atoms with Gasteiger partial charge in [-0.2, -0.15) is 0 Å². The van der Waals surface area contributed by atoms with Crippen LogP contribution in [0.3, 0.4) is 0 Å². The van der Waals surface area contributed by atoms with E-state index in [1.165, 1.54) is 12.1 Å². The van der Waals surface area contributed by atoms with Gasteiger partial charge in [0.15, 0.2) is 0 Å². The molecule has 0 saturated carbocycles. The van der Waals surface area contributed by atoms with Gasteiger partial charge in [-0.3, -0.25) is 9.59 Å². The zero-order chi connectivity index (χ0) is 22.1. The average Bonchev–Trinajstić information content (AvgIpc) is 2.66. The molecule has 0 unspecified atom stereocenters. The van der Waals surface area contributed by atoms with Crippen molar-refractivity contribution < 1.29 is 24.2 Å². The number of phenols is 1. The van der Waals surface area contributed by atoms with Crippen LogP contribution in [-0.2, 0) is 16.1 Å². The highest BCUT2D eigenvalue weighted by Gasteiger charge is 2.16. The summed E-state index contributed by atoms with van der Waals surface area (Å²) in [6.07, 6.45) is -0.479. The first-order valence-corrected chi connectivity index (χ1v) is 9.56. The van der Waals surface area contributed by atoms with Gasteiger partial charge in [0.2, 0.25) is 5.91 Å². The zero-order valence-corrected chi connectivity index (χ0v) is 17.3.